The van der Waals surface area contributed by atoms with Crippen LogP contribution >= 0.6 is 0 Å². The minimum atomic E-state index is -4.01. The van der Waals surface area contributed by atoms with Gasteiger partial charge in [0.2, 0.25) is 0 Å². The van der Waals surface area contributed by atoms with Crippen molar-refractivity contribution in [2.45, 2.75) is 11.9 Å². The van der Waals surface area contributed by atoms with Crippen molar-refractivity contribution in [1.82, 2.24) is 9.78 Å². The predicted molar refractivity (Wildman–Crippen MR) is 64.4 cm³/mol. The Kier molecular flexibility index (Phi) is 2.90. The van der Waals surface area contributed by atoms with Crippen molar-refractivity contribution < 1.29 is 8.42 Å². The van der Waals surface area contributed by atoms with Crippen LogP contribution in [0, 0.1) is 18.3 Å². The summed E-state index contributed by atoms with van der Waals surface area (Å²) in [6.45, 7) is 1.91. The number of benzene rings is 1. The molecule has 0 atom stereocenters. The molecule has 0 fully saturated rings. The second kappa shape index (κ2) is 4.25. The Morgan fingerprint density at radius 2 is 1.94 bits per heavy atom. The van der Waals surface area contributed by atoms with Crippen molar-refractivity contribution in [3.63, 3.8) is 0 Å². The number of aromatic nitrogens is 2. The van der Waals surface area contributed by atoms with Crippen LogP contribution in [0.15, 0.2) is 35.5 Å². The second-order valence-corrected chi connectivity index (χ2v) is 5.24. The molecule has 0 radical (unpaired) electrons. The fourth-order valence-electron chi connectivity index (χ4n) is 1.56. The van der Waals surface area contributed by atoms with Crippen LogP contribution in [-0.2, 0) is 10.0 Å². The Bertz CT molecular complexity index is 723. The summed E-state index contributed by atoms with van der Waals surface area (Å²) in [5, 5.41) is 17.6. The minimum absolute atomic E-state index is 0.0712. The lowest BCUT2D eigenvalue weighted by atomic mass is 10.2. The van der Waals surface area contributed by atoms with Crippen molar-refractivity contribution >= 4 is 10.0 Å². The van der Waals surface area contributed by atoms with Gasteiger partial charge in [0.25, 0.3) is 10.0 Å². The van der Waals surface area contributed by atoms with Crippen molar-refractivity contribution in [3.8, 4) is 11.8 Å². The number of nitriles is 1. The SMILES string of the molecule is Cc1ccc(-n2ncc(C#N)c2S(N)(=O)=O)cc1. The molecular weight excluding hydrogens is 252 g/mol. The predicted octanol–water partition coefficient (Wildman–Crippen LogP) is 0.700. The van der Waals surface area contributed by atoms with Crippen LogP contribution in [-0.4, -0.2) is 18.2 Å². The first-order valence-corrected chi connectivity index (χ1v) is 6.56. The first kappa shape index (κ1) is 12.3. The topological polar surface area (TPSA) is 102 Å². The highest BCUT2D eigenvalue weighted by molar-refractivity contribution is 7.89. The van der Waals surface area contributed by atoms with Gasteiger partial charge in [-0.05, 0) is 19.1 Å². The molecule has 2 rings (SSSR count). The highest BCUT2D eigenvalue weighted by Crippen LogP contribution is 2.18. The lowest BCUT2D eigenvalue weighted by molar-refractivity contribution is 0.587. The number of hydrogen-bond donors (Lipinski definition) is 1. The zero-order valence-corrected chi connectivity index (χ0v) is 10.3. The molecule has 0 aliphatic heterocycles. The molecule has 0 amide bonds. The van der Waals surface area contributed by atoms with Crippen molar-refractivity contribution in [2.75, 3.05) is 0 Å². The number of sulfonamides is 1. The standard InChI is InChI=1S/C11H10N4O2S/c1-8-2-4-10(5-3-8)15-11(18(13,16)17)9(6-12)7-14-15/h2-5,7H,1H3,(H2,13,16,17). The van der Waals surface area contributed by atoms with Gasteiger partial charge in [-0.2, -0.15) is 10.4 Å². The van der Waals surface area contributed by atoms with Gasteiger partial charge in [0, 0.05) is 0 Å². The van der Waals surface area contributed by atoms with Crippen LogP contribution in [0.5, 0.6) is 0 Å². The average Bonchev–Trinajstić information content (AvgIpc) is 2.73. The molecule has 92 valence electrons. The largest absolute Gasteiger partial charge is 0.257 e. The van der Waals surface area contributed by atoms with Crippen molar-refractivity contribution in [2.24, 2.45) is 5.14 Å². The van der Waals surface area contributed by atoms with Gasteiger partial charge >= 0.3 is 0 Å². The van der Waals surface area contributed by atoms with E-state index in [0.29, 0.717) is 5.69 Å². The van der Waals surface area contributed by atoms with E-state index in [2.05, 4.69) is 5.10 Å². The quantitative estimate of drug-likeness (QED) is 0.860. The third kappa shape index (κ3) is 2.11. The summed E-state index contributed by atoms with van der Waals surface area (Å²) in [5.41, 5.74) is 1.49. The molecule has 2 N–H and O–H groups in total. The molecule has 0 bridgehead atoms. The monoisotopic (exact) mass is 262 g/mol. The van der Waals surface area contributed by atoms with E-state index in [4.69, 9.17) is 10.4 Å². The van der Waals surface area contributed by atoms with E-state index in [1.807, 2.05) is 19.1 Å². The van der Waals surface area contributed by atoms with Crippen LogP contribution in [0.4, 0.5) is 0 Å². The molecule has 18 heavy (non-hydrogen) atoms. The Labute approximate surface area is 104 Å². The zero-order valence-electron chi connectivity index (χ0n) is 9.53. The minimum Gasteiger partial charge on any atom is -0.223 e. The van der Waals surface area contributed by atoms with Crippen molar-refractivity contribution in [3.05, 3.63) is 41.6 Å². The van der Waals surface area contributed by atoms with E-state index in [9.17, 15) is 8.42 Å². The zero-order chi connectivity index (χ0) is 13.3. The van der Waals surface area contributed by atoms with Gasteiger partial charge in [-0.15, -0.1) is 0 Å². The average molecular weight is 262 g/mol. The van der Waals surface area contributed by atoms with Crippen LogP contribution in [0.3, 0.4) is 0 Å². The van der Waals surface area contributed by atoms with Gasteiger partial charge in [-0.3, -0.25) is 0 Å². The maximum Gasteiger partial charge on any atom is 0.257 e. The van der Waals surface area contributed by atoms with E-state index < -0.39 is 10.0 Å². The smallest absolute Gasteiger partial charge is 0.223 e. The summed E-state index contributed by atoms with van der Waals surface area (Å²) in [6, 6.07) is 8.81. The van der Waals surface area contributed by atoms with Crippen LogP contribution in [0.2, 0.25) is 0 Å². The van der Waals surface area contributed by atoms with E-state index in [1.165, 1.54) is 6.20 Å². The number of rotatable bonds is 2. The summed E-state index contributed by atoms with van der Waals surface area (Å²) in [5.74, 6) is 0. The molecular formula is C11H10N4O2S. The Morgan fingerprint density at radius 1 is 1.33 bits per heavy atom. The van der Waals surface area contributed by atoms with Gasteiger partial charge in [0.1, 0.15) is 11.6 Å². The molecule has 6 nitrogen and oxygen atoms in total. The highest BCUT2D eigenvalue weighted by Gasteiger charge is 2.22. The fraction of sp³-hybridized carbons (Fsp3) is 0.0909. The number of aryl methyl sites for hydroxylation is 1. The van der Waals surface area contributed by atoms with Crippen LogP contribution < -0.4 is 5.14 Å². The first-order chi connectivity index (χ1) is 8.43. The molecule has 0 unspecified atom stereocenters. The Morgan fingerprint density at radius 3 is 2.44 bits per heavy atom. The molecule has 0 spiro atoms. The number of hydrogen-bond acceptors (Lipinski definition) is 4. The first-order valence-electron chi connectivity index (χ1n) is 5.01. The van der Waals surface area contributed by atoms with Crippen LogP contribution in [0.25, 0.3) is 5.69 Å². The third-order valence-electron chi connectivity index (χ3n) is 2.39. The fourth-order valence-corrected chi connectivity index (χ4v) is 2.36. The molecule has 1 aromatic carbocycles. The third-order valence-corrected chi connectivity index (χ3v) is 3.33. The van der Waals surface area contributed by atoms with Gasteiger partial charge in [0.15, 0.2) is 5.03 Å². The number of nitrogens with zero attached hydrogens (tertiary/aromatic N) is 3. The van der Waals surface area contributed by atoms with E-state index in [0.717, 1.165) is 10.2 Å². The van der Waals surface area contributed by atoms with Crippen LogP contribution in [0.1, 0.15) is 11.1 Å². The summed E-state index contributed by atoms with van der Waals surface area (Å²) >= 11 is 0. The van der Waals surface area contributed by atoms with Gasteiger partial charge in [-0.25, -0.2) is 18.2 Å². The molecule has 0 saturated carbocycles. The molecule has 7 heteroatoms. The number of primary sulfonamides is 1. The Hall–Kier alpha value is -2.17. The van der Waals surface area contributed by atoms with E-state index >= 15 is 0 Å². The van der Waals surface area contributed by atoms with E-state index in [-0.39, 0.29) is 10.6 Å². The summed E-state index contributed by atoms with van der Waals surface area (Å²) < 4.78 is 24.1. The number of nitrogens with two attached hydrogens (primary N) is 1. The van der Waals surface area contributed by atoms with E-state index in [1.54, 1.807) is 18.2 Å². The lowest BCUT2D eigenvalue weighted by Gasteiger charge is -2.06. The Balaban J connectivity index is 2.70. The summed E-state index contributed by atoms with van der Waals surface area (Å²) in [7, 11) is -4.01. The summed E-state index contributed by atoms with van der Waals surface area (Å²) in [6.07, 6.45) is 1.18. The van der Waals surface area contributed by atoms with Crippen molar-refractivity contribution in [1.29, 1.82) is 5.26 Å². The maximum atomic E-state index is 11.5. The summed E-state index contributed by atoms with van der Waals surface area (Å²) in [4.78, 5) is 0. The van der Waals surface area contributed by atoms with Gasteiger partial charge in [0.05, 0.1) is 11.9 Å². The molecule has 2 aromatic rings. The second-order valence-electron chi connectivity index (χ2n) is 3.77. The molecule has 1 heterocycles. The molecule has 1 aromatic heterocycles. The molecule has 0 aliphatic rings. The van der Waals surface area contributed by atoms with Gasteiger partial charge in [-0.1, -0.05) is 17.7 Å². The van der Waals surface area contributed by atoms with Gasteiger partial charge < -0.3 is 0 Å². The highest BCUT2D eigenvalue weighted by atomic mass is 32.2. The molecule has 0 aliphatic carbocycles. The molecule has 0 saturated heterocycles. The maximum absolute atomic E-state index is 11.5. The lowest BCUT2D eigenvalue weighted by Crippen LogP contribution is -2.18. The normalized spacial score (nSPS) is 11.2.